The second-order valence-corrected chi connectivity index (χ2v) is 9.77. The molecule has 0 fully saturated rings. The highest BCUT2D eigenvalue weighted by Gasteiger charge is 2.28. The average molecular weight is 365 g/mol. The number of anilines is 1. The molecule has 1 aromatic rings. The SMILES string of the molecule is CCOP(=O)(NC(=O)Nc1ccc(Cl)cc1C)SC(C)CC. The molecule has 2 unspecified atom stereocenters. The van der Waals surface area contributed by atoms with E-state index < -0.39 is 12.8 Å². The van der Waals surface area contributed by atoms with Gasteiger partial charge in [0.1, 0.15) is 0 Å². The maximum atomic E-state index is 12.7. The first-order valence-corrected chi connectivity index (χ1v) is 10.6. The molecule has 2 amide bonds. The van der Waals surface area contributed by atoms with Gasteiger partial charge in [0.2, 0.25) is 0 Å². The molecule has 0 aliphatic carbocycles. The third-order valence-corrected chi connectivity index (χ3v) is 7.65. The molecule has 5 nitrogen and oxygen atoms in total. The zero-order valence-electron chi connectivity index (χ0n) is 13.2. The van der Waals surface area contributed by atoms with Gasteiger partial charge in [0.05, 0.1) is 6.61 Å². The monoisotopic (exact) mass is 364 g/mol. The number of carbonyl (C=O) groups is 1. The Morgan fingerprint density at radius 2 is 2.14 bits per heavy atom. The minimum absolute atomic E-state index is 0.120. The van der Waals surface area contributed by atoms with Crippen LogP contribution >= 0.6 is 29.7 Å². The summed E-state index contributed by atoms with van der Waals surface area (Å²) in [6.07, 6.45) is 0.835. The fraction of sp³-hybridized carbons (Fsp3) is 0.500. The summed E-state index contributed by atoms with van der Waals surface area (Å²) < 4.78 is 18.0. The zero-order chi connectivity index (χ0) is 16.8. The van der Waals surface area contributed by atoms with E-state index >= 15 is 0 Å². The predicted molar refractivity (Wildman–Crippen MR) is 94.9 cm³/mol. The van der Waals surface area contributed by atoms with Crippen molar-refractivity contribution in [2.75, 3.05) is 11.9 Å². The summed E-state index contributed by atoms with van der Waals surface area (Å²) in [5.74, 6) is 0. The molecule has 0 saturated carbocycles. The van der Waals surface area contributed by atoms with Crippen molar-refractivity contribution in [3.8, 4) is 0 Å². The molecule has 0 heterocycles. The van der Waals surface area contributed by atoms with Gasteiger partial charge in [0.15, 0.2) is 0 Å². The number of hydrogen-bond donors (Lipinski definition) is 2. The third-order valence-electron chi connectivity index (χ3n) is 2.87. The van der Waals surface area contributed by atoms with Gasteiger partial charge in [0.25, 0.3) is 0 Å². The molecule has 0 saturated heterocycles. The quantitative estimate of drug-likeness (QED) is 0.631. The van der Waals surface area contributed by atoms with E-state index in [0.717, 1.165) is 23.4 Å². The van der Waals surface area contributed by atoms with Gasteiger partial charge < -0.3 is 9.84 Å². The van der Waals surface area contributed by atoms with Crippen molar-refractivity contribution < 1.29 is 13.9 Å². The van der Waals surface area contributed by atoms with E-state index in [4.69, 9.17) is 16.1 Å². The molecule has 1 aromatic carbocycles. The minimum Gasteiger partial charge on any atom is -0.307 e. The second-order valence-electron chi connectivity index (χ2n) is 4.76. The van der Waals surface area contributed by atoms with E-state index in [1.165, 1.54) is 0 Å². The van der Waals surface area contributed by atoms with Crippen molar-refractivity contribution in [1.82, 2.24) is 5.09 Å². The van der Waals surface area contributed by atoms with E-state index in [1.54, 1.807) is 25.1 Å². The number of hydrogen-bond acceptors (Lipinski definition) is 4. The lowest BCUT2D eigenvalue weighted by molar-refractivity contribution is 0.254. The van der Waals surface area contributed by atoms with Crippen LogP contribution < -0.4 is 10.4 Å². The Kier molecular flexibility index (Phi) is 7.77. The lowest BCUT2D eigenvalue weighted by atomic mass is 10.2. The summed E-state index contributed by atoms with van der Waals surface area (Å²) in [4.78, 5) is 12.1. The van der Waals surface area contributed by atoms with Crippen molar-refractivity contribution in [2.24, 2.45) is 0 Å². The van der Waals surface area contributed by atoms with Gasteiger partial charge in [0, 0.05) is 16.0 Å². The predicted octanol–water partition coefficient (Wildman–Crippen LogP) is 5.45. The van der Waals surface area contributed by atoms with Crippen molar-refractivity contribution in [1.29, 1.82) is 0 Å². The Bertz CT molecular complexity index is 571. The first-order valence-electron chi connectivity index (χ1n) is 7.08. The number of halogens is 1. The molecule has 2 atom stereocenters. The van der Waals surface area contributed by atoms with E-state index in [0.29, 0.717) is 10.7 Å². The molecule has 0 bridgehead atoms. The number of carbonyl (C=O) groups excluding carboxylic acids is 1. The van der Waals surface area contributed by atoms with Gasteiger partial charge in [-0.2, -0.15) is 0 Å². The van der Waals surface area contributed by atoms with Crippen LogP contribution in [0.4, 0.5) is 10.5 Å². The fourth-order valence-corrected chi connectivity index (χ4v) is 6.06. The van der Waals surface area contributed by atoms with Gasteiger partial charge in [-0.05, 0) is 55.4 Å². The number of rotatable bonds is 7. The summed E-state index contributed by atoms with van der Waals surface area (Å²) >= 11 is 7.04. The van der Waals surface area contributed by atoms with Crippen molar-refractivity contribution in [3.63, 3.8) is 0 Å². The molecular weight excluding hydrogens is 343 g/mol. The maximum Gasteiger partial charge on any atom is 0.354 e. The molecule has 124 valence electrons. The van der Waals surface area contributed by atoms with E-state index in [9.17, 15) is 9.36 Å². The summed E-state index contributed by atoms with van der Waals surface area (Å²) in [5.41, 5.74) is 1.43. The summed E-state index contributed by atoms with van der Waals surface area (Å²) in [5, 5.41) is 5.85. The molecule has 8 heteroatoms. The molecule has 0 radical (unpaired) electrons. The van der Waals surface area contributed by atoms with Crippen LogP contribution in [0, 0.1) is 6.92 Å². The van der Waals surface area contributed by atoms with Crippen LogP contribution in [0.2, 0.25) is 5.02 Å². The summed E-state index contributed by atoms with van der Waals surface area (Å²) in [6.45, 7) is 4.49. The Labute approximate surface area is 140 Å². The third kappa shape index (κ3) is 6.21. The number of nitrogens with one attached hydrogen (secondary N) is 2. The summed E-state index contributed by atoms with van der Waals surface area (Å²) in [7, 11) is 0. The number of aryl methyl sites for hydroxylation is 1. The molecule has 1 rings (SSSR count). The number of amides is 2. The zero-order valence-corrected chi connectivity index (χ0v) is 15.6. The largest absolute Gasteiger partial charge is 0.354 e. The topological polar surface area (TPSA) is 67.4 Å². The van der Waals surface area contributed by atoms with Crippen LogP contribution in [0.25, 0.3) is 0 Å². The number of benzene rings is 1. The van der Waals surface area contributed by atoms with E-state index in [1.807, 2.05) is 20.8 Å². The van der Waals surface area contributed by atoms with Gasteiger partial charge in [-0.15, -0.1) is 0 Å². The highest BCUT2D eigenvalue weighted by atomic mass is 35.5. The maximum absolute atomic E-state index is 12.7. The van der Waals surface area contributed by atoms with Crippen LogP contribution in [-0.2, 0) is 9.09 Å². The van der Waals surface area contributed by atoms with Crippen LogP contribution in [-0.4, -0.2) is 17.9 Å². The van der Waals surface area contributed by atoms with Crippen LogP contribution in [0.3, 0.4) is 0 Å². The standard InChI is InChI=1S/C14H22ClN2O3PS/c1-5-11(4)22-21(19,20-6-2)17-14(18)16-13-8-7-12(15)9-10(13)3/h7-9,11H,5-6H2,1-4H3,(H2,16,17,18,19). The Morgan fingerprint density at radius 3 is 2.68 bits per heavy atom. The first-order chi connectivity index (χ1) is 10.3. The highest BCUT2D eigenvalue weighted by molar-refractivity contribution is 8.56. The smallest absolute Gasteiger partial charge is 0.307 e. The Hall–Kier alpha value is -0.680. The van der Waals surface area contributed by atoms with Crippen molar-refractivity contribution in [2.45, 2.75) is 39.4 Å². The van der Waals surface area contributed by atoms with Crippen LogP contribution in [0.5, 0.6) is 0 Å². The molecule has 0 aliphatic rings. The summed E-state index contributed by atoms with van der Waals surface area (Å²) in [6, 6.07) is 4.57. The minimum atomic E-state index is -3.28. The van der Waals surface area contributed by atoms with Gasteiger partial charge in [-0.3, -0.25) is 9.65 Å². The van der Waals surface area contributed by atoms with Crippen LogP contribution in [0.15, 0.2) is 18.2 Å². The Balaban J connectivity index is 2.76. The molecule has 2 N–H and O–H groups in total. The highest BCUT2D eigenvalue weighted by Crippen LogP contribution is 2.58. The lowest BCUT2D eigenvalue weighted by Crippen LogP contribution is -2.27. The van der Waals surface area contributed by atoms with Crippen molar-refractivity contribution in [3.05, 3.63) is 28.8 Å². The van der Waals surface area contributed by atoms with Crippen LogP contribution in [0.1, 0.15) is 32.8 Å². The average Bonchev–Trinajstić information content (AvgIpc) is 2.41. The van der Waals surface area contributed by atoms with Gasteiger partial charge >= 0.3 is 12.8 Å². The molecular formula is C14H22ClN2O3PS. The van der Waals surface area contributed by atoms with E-state index in [-0.39, 0.29) is 11.9 Å². The fourth-order valence-electron chi connectivity index (χ4n) is 1.61. The van der Waals surface area contributed by atoms with Gasteiger partial charge in [-0.1, -0.05) is 25.4 Å². The normalized spacial score (nSPS) is 15.0. The first kappa shape index (κ1) is 19.4. The Morgan fingerprint density at radius 1 is 1.45 bits per heavy atom. The molecule has 22 heavy (non-hydrogen) atoms. The van der Waals surface area contributed by atoms with Gasteiger partial charge in [-0.25, -0.2) is 4.79 Å². The second kappa shape index (κ2) is 8.82. The van der Waals surface area contributed by atoms with Crippen molar-refractivity contribution >= 4 is 41.4 Å². The lowest BCUT2D eigenvalue weighted by Gasteiger charge is -2.21. The number of urea groups is 1. The molecule has 0 aromatic heterocycles. The van der Waals surface area contributed by atoms with E-state index in [2.05, 4.69) is 10.4 Å². The molecule has 0 spiro atoms. The molecule has 0 aliphatic heterocycles.